The third-order valence-electron chi connectivity index (χ3n) is 2.28. The highest BCUT2D eigenvalue weighted by Gasteiger charge is 2.17. The van der Waals surface area contributed by atoms with Gasteiger partial charge in [-0.1, -0.05) is 0 Å². The molecular formula is C12H11N3O3. The van der Waals surface area contributed by atoms with E-state index in [1.165, 1.54) is 18.3 Å². The number of carbonyl (C=O) groups excluding carboxylic acids is 2. The molecule has 1 aromatic carbocycles. The van der Waals surface area contributed by atoms with E-state index in [2.05, 4.69) is 14.7 Å². The Morgan fingerprint density at radius 1 is 1.33 bits per heavy atom. The van der Waals surface area contributed by atoms with E-state index < -0.39 is 11.8 Å². The Morgan fingerprint density at radius 2 is 2.11 bits per heavy atom. The number of nitrogens with zero attached hydrogens (tertiary/aromatic N) is 2. The molecule has 0 amide bonds. The van der Waals surface area contributed by atoms with Gasteiger partial charge in [0.15, 0.2) is 0 Å². The van der Waals surface area contributed by atoms with Crippen LogP contribution >= 0.6 is 0 Å². The van der Waals surface area contributed by atoms with Crippen molar-refractivity contribution in [2.45, 2.75) is 6.92 Å². The molecule has 18 heavy (non-hydrogen) atoms. The number of Topliss-reactive ketones (excluding diaryl/α,β-unsaturated/α-hetero) is 1. The summed E-state index contributed by atoms with van der Waals surface area (Å²) < 4.78 is 4.64. The lowest BCUT2D eigenvalue weighted by atomic mass is 10.1. The van der Waals surface area contributed by atoms with E-state index in [1.807, 2.05) is 0 Å². The molecule has 92 valence electrons. The van der Waals surface area contributed by atoms with Crippen LogP contribution in [-0.2, 0) is 9.53 Å². The molecule has 0 unspecified atom stereocenters. The minimum Gasteiger partial charge on any atom is -0.460 e. The van der Waals surface area contributed by atoms with E-state index in [0.29, 0.717) is 16.9 Å². The molecule has 1 heterocycles. The third kappa shape index (κ3) is 2.27. The lowest BCUT2D eigenvalue weighted by molar-refractivity contribution is -0.137. The van der Waals surface area contributed by atoms with Gasteiger partial charge in [0, 0.05) is 5.56 Å². The van der Waals surface area contributed by atoms with Crippen LogP contribution in [0.5, 0.6) is 0 Å². The maximum atomic E-state index is 11.7. The quantitative estimate of drug-likeness (QED) is 0.491. The molecule has 0 saturated heterocycles. The Morgan fingerprint density at radius 3 is 2.83 bits per heavy atom. The number of aromatic nitrogens is 2. The standard InChI is InChI=1S/C12H11N3O3/c1-2-18-12(17)11(16)7-3-4-8-9(5-7)14-6-10(13)15-8/h3-6H,2H2,1H3,(H2,13,15). The van der Waals surface area contributed by atoms with E-state index in [4.69, 9.17) is 5.73 Å². The van der Waals surface area contributed by atoms with Crippen LogP contribution in [0, 0.1) is 0 Å². The van der Waals surface area contributed by atoms with Crippen LogP contribution in [0.3, 0.4) is 0 Å². The number of fused-ring (bicyclic) bond motifs is 1. The molecule has 0 aliphatic rings. The fourth-order valence-corrected chi connectivity index (χ4v) is 1.48. The highest BCUT2D eigenvalue weighted by atomic mass is 16.5. The summed E-state index contributed by atoms with van der Waals surface area (Å²) in [5, 5.41) is 0. The number of benzene rings is 1. The first-order valence-corrected chi connectivity index (χ1v) is 5.35. The Kier molecular flexibility index (Phi) is 3.18. The van der Waals surface area contributed by atoms with Gasteiger partial charge in [-0.25, -0.2) is 9.78 Å². The predicted molar refractivity (Wildman–Crippen MR) is 64.9 cm³/mol. The monoisotopic (exact) mass is 245 g/mol. The molecule has 6 nitrogen and oxygen atoms in total. The lowest BCUT2D eigenvalue weighted by Gasteiger charge is -2.02. The molecule has 1 aromatic heterocycles. The zero-order chi connectivity index (χ0) is 13.1. The molecule has 0 bridgehead atoms. The second kappa shape index (κ2) is 4.79. The normalized spacial score (nSPS) is 10.3. The van der Waals surface area contributed by atoms with Crippen LogP contribution in [-0.4, -0.2) is 28.3 Å². The number of esters is 1. The van der Waals surface area contributed by atoms with Crippen molar-refractivity contribution in [2.75, 3.05) is 12.3 Å². The molecule has 6 heteroatoms. The van der Waals surface area contributed by atoms with Crippen molar-refractivity contribution >= 4 is 28.6 Å². The highest BCUT2D eigenvalue weighted by molar-refractivity contribution is 6.40. The van der Waals surface area contributed by atoms with E-state index in [1.54, 1.807) is 13.0 Å². The SMILES string of the molecule is CCOC(=O)C(=O)c1ccc2nc(N)cnc2c1. The Bertz CT molecular complexity index is 625. The molecule has 0 atom stereocenters. The molecule has 0 aliphatic heterocycles. The van der Waals surface area contributed by atoms with Gasteiger partial charge in [0.25, 0.3) is 5.78 Å². The van der Waals surface area contributed by atoms with E-state index in [-0.39, 0.29) is 12.2 Å². The Hall–Kier alpha value is -2.50. The predicted octanol–water partition coefficient (Wildman–Crippen LogP) is 0.958. The van der Waals surface area contributed by atoms with E-state index in [0.717, 1.165) is 0 Å². The first kappa shape index (κ1) is 12.0. The van der Waals surface area contributed by atoms with Crippen LogP contribution in [0.1, 0.15) is 17.3 Å². The van der Waals surface area contributed by atoms with Crippen molar-refractivity contribution in [3.8, 4) is 0 Å². The molecule has 0 saturated carbocycles. The smallest absolute Gasteiger partial charge is 0.379 e. The minimum absolute atomic E-state index is 0.161. The number of hydrogen-bond acceptors (Lipinski definition) is 6. The fourth-order valence-electron chi connectivity index (χ4n) is 1.48. The number of ketones is 1. The van der Waals surface area contributed by atoms with Crippen LogP contribution in [0.15, 0.2) is 24.4 Å². The second-order valence-electron chi connectivity index (χ2n) is 3.55. The molecule has 2 rings (SSSR count). The van der Waals surface area contributed by atoms with Crippen molar-refractivity contribution in [1.82, 2.24) is 9.97 Å². The van der Waals surface area contributed by atoms with Crippen molar-refractivity contribution in [2.24, 2.45) is 0 Å². The van der Waals surface area contributed by atoms with Gasteiger partial charge < -0.3 is 10.5 Å². The number of ether oxygens (including phenoxy) is 1. The van der Waals surface area contributed by atoms with Gasteiger partial charge in [-0.2, -0.15) is 0 Å². The van der Waals surface area contributed by atoms with Gasteiger partial charge in [0.2, 0.25) is 0 Å². The highest BCUT2D eigenvalue weighted by Crippen LogP contribution is 2.13. The molecule has 0 spiro atoms. The number of carbonyl (C=O) groups is 2. The van der Waals surface area contributed by atoms with Crippen molar-refractivity contribution < 1.29 is 14.3 Å². The van der Waals surface area contributed by atoms with E-state index in [9.17, 15) is 9.59 Å². The summed E-state index contributed by atoms with van der Waals surface area (Å²) in [4.78, 5) is 31.1. The fraction of sp³-hybridized carbons (Fsp3) is 0.167. The maximum absolute atomic E-state index is 11.7. The van der Waals surface area contributed by atoms with Crippen LogP contribution in [0.4, 0.5) is 5.82 Å². The average molecular weight is 245 g/mol. The third-order valence-corrected chi connectivity index (χ3v) is 2.28. The van der Waals surface area contributed by atoms with Crippen molar-refractivity contribution in [1.29, 1.82) is 0 Å². The van der Waals surface area contributed by atoms with Crippen LogP contribution < -0.4 is 5.73 Å². The number of hydrogen-bond donors (Lipinski definition) is 1. The molecular weight excluding hydrogens is 234 g/mol. The summed E-state index contributed by atoms with van der Waals surface area (Å²) in [6.07, 6.45) is 1.39. The second-order valence-corrected chi connectivity index (χ2v) is 3.55. The van der Waals surface area contributed by atoms with E-state index >= 15 is 0 Å². The molecule has 0 radical (unpaired) electrons. The number of nitrogen functional groups attached to an aromatic ring is 1. The van der Waals surface area contributed by atoms with Crippen molar-refractivity contribution in [3.63, 3.8) is 0 Å². The van der Waals surface area contributed by atoms with Gasteiger partial charge in [-0.05, 0) is 25.1 Å². The van der Waals surface area contributed by atoms with Gasteiger partial charge in [-0.15, -0.1) is 0 Å². The summed E-state index contributed by atoms with van der Waals surface area (Å²) >= 11 is 0. The summed E-state index contributed by atoms with van der Waals surface area (Å²) in [6, 6.07) is 4.57. The number of rotatable bonds is 3. The molecule has 0 fully saturated rings. The van der Waals surface area contributed by atoms with Gasteiger partial charge >= 0.3 is 5.97 Å². The molecule has 2 aromatic rings. The van der Waals surface area contributed by atoms with Crippen molar-refractivity contribution in [3.05, 3.63) is 30.0 Å². The van der Waals surface area contributed by atoms with Crippen LogP contribution in [0.25, 0.3) is 11.0 Å². The van der Waals surface area contributed by atoms with Crippen LogP contribution in [0.2, 0.25) is 0 Å². The lowest BCUT2D eigenvalue weighted by Crippen LogP contribution is -2.17. The summed E-state index contributed by atoms with van der Waals surface area (Å²) in [7, 11) is 0. The zero-order valence-electron chi connectivity index (χ0n) is 9.71. The summed E-state index contributed by atoms with van der Waals surface area (Å²) in [5.74, 6) is -1.27. The summed E-state index contributed by atoms with van der Waals surface area (Å²) in [6.45, 7) is 1.80. The number of anilines is 1. The maximum Gasteiger partial charge on any atom is 0.379 e. The summed E-state index contributed by atoms with van der Waals surface area (Å²) in [5.41, 5.74) is 6.78. The minimum atomic E-state index is -0.875. The zero-order valence-corrected chi connectivity index (χ0v) is 9.71. The molecule has 0 aliphatic carbocycles. The first-order valence-electron chi connectivity index (χ1n) is 5.35. The first-order chi connectivity index (χ1) is 8.61. The average Bonchev–Trinajstić information content (AvgIpc) is 2.37. The van der Waals surface area contributed by atoms with Gasteiger partial charge in [0.05, 0.1) is 23.8 Å². The Labute approximate surface area is 103 Å². The Balaban J connectivity index is 2.38. The topological polar surface area (TPSA) is 95.2 Å². The van der Waals surface area contributed by atoms with Gasteiger partial charge in [0.1, 0.15) is 5.82 Å². The molecule has 2 N–H and O–H groups in total. The largest absolute Gasteiger partial charge is 0.460 e. The number of nitrogens with two attached hydrogens (primary N) is 1. The van der Waals surface area contributed by atoms with Gasteiger partial charge in [-0.3, -0.25) is 9.78 Å².